The average molecular weight is 724 g/mol. The number of likely N-dealkylation sites (N-methyl/N-ethyl adjacent to an activating group) is 1. The lowest BCUT2D eigenvalue weighted by Crippen LogP contribution is -2.37. The summed E-state index contributed by atoms with van der Waals surface area (Å²) in [5, 5.41) is 16.6. The molecule has 1 amide bonds. The van der Waals surface area contributed by atoms with Crippen LogP contribution in [-0.4, -0.2) is 76.6 Å². The Morgan fingerprint density at radius 1 is 1.02 bits per heavy atom. The van der Waals surface area contributed by atoms with Gasteiger partial charge in [0.2, 0.25) is 0 Å². The predicted molar refractivity (Wildman–Crippen MR) is 183 cm³/mol. The van der Waals surface area contributed by atoms with Gasteiger partial charge in [-0.1, -0.05) is 24.3 Å². The molecule has 0 aliphatic rings. The van der Waals surface area contributed by atoms with Crippen molar-refractivity contribution in [1.29, 1.82) is 5.26 Å². The van der Waals surface area contributed by atoms with E-state index in [1.807, 2.05) is 0 Å². The maximum Gasteiger partial charge on any atom is 0.416 e. The van der Waals surface area contributed by atoms with Crippen LogP contribution in [0.25, 0.3) is 22.8 Å². The van der Waals surface area contributed by atoms with Crippen LogP contribution in [0.1, 0.15) is 29.3 Å². The van der Waals surface area contributed by atoms with Gasteiger partial charge >= 0.3 is 17.9 Å². The van der Waals surface area contributed by atoms with Crippen LogP contribution < -0.4 is 11.0 Å². The third kappa shape index (κ3) is 9.00. The molecule has 0 aliphatic heterocycles. The molecule has 16 heteroatoms. The lowest BCUT2D eigenvalue weighted by atomic mass is 10.0. The smallest absolute Gasteiger partial charge is 0.416 e. The molecule has 0 aliphatic carbocycles. The minimum absolute atomic E-state index is 0.0281. The van der Waals surface area contributed by atoms with Gasteiger partial charge in [-0.2, -0.15) is 23.5 Å². The van der Waals surface area contributed by atoms with Gasteiger partial charge in [-0.25, -0.2) is 27.3 Å². The van der Waals surface area contributed by atoms with Crippen LogP contribution >= 0.6 is 0 Å². The Bertz CT molecular complexity index is 2250. The van der Waals surface area contributed by atoms with Gasteiger partial charge in [0.25, 0.3) is 0 Å². The van der Waals surface area contributed by atoms with Crippen LogP contribution in [-0.2, 0) is 22.7 Å². The van der Waals surface area contributed by atoms with Gasteiger partial charge in [-0.15, -0.1) is 0 Å². The number of rotatable bonds is 8. The van der Waals surface area contributed by atoms with Crippen molar-refractivity contribution < 1.29 is 35.4 Å². The van der Waals surface area contributed by atoms with Gasteiger partial charge in [0.1, 0.15) is 15.8 Å². The molecule has 3 aromatic carbocycles. The number of hydrogen-bond acceptors (Lipinski definition) is 7. The molecule has 2 heterocycles. The summed E-state index contributed by atoms with van der Waals surface area (Å²) in [6, 6.07) is 19.9. The van der Waals surface area contributed by atoms with Crippen LogP contribution in [0.15, 0.2) is 94.7 Å². The normalized spacial score (nSPS) is 11.8. The molecule has 51 heavy (non-hydrogen) atoms. The first-order chi connectivity index (χ1) is 23.9. The highest BCUT2D eigenvalue weighted by Gasteiger charge is 2.32. The number of benzene rings is 3. The molecule has 0 fully saturated rings. The Morgan fingerprint density at radius 3 is 2.27 bits per heavy atom. The third-order valence-corrected chi connectivity index (χ3v) is 8.50. The van der Waals surface area contributed by atoms with Crippen molar-refractivity contribution in [1.82, 2.24) is 24.2 Å². The van der Waals surface area contributed by atoms with Crippen LogP contribution in [0.2, 0.25) is 0 Å². The molecule has 0 saturated heterocycles. The Labute approximate surface area is 292 Å². The van der Waals surface area contributed by atoms with Crippen molar-refractivity contribution in [3.8, 4) is 28.8 Å². The van der Waals surface area contributed by atoms with Crippen LogP contribution in [0, 0.1) is 18.3 Å². The second-order valence-electron chi connectivity index (χ2n) is 12.4. The van der Waals surface area contributed by atoms with Crippen LogP contribution in [0.4, 0.5) is 18.0 Å². The Hall–Kier alpha value is -5.50. The molecule has 268 valence electrons. The van der Waals surface area contributed by atoms with Crippen LogP contribution in [0.3, 0.4) is 0 Å². The van der Waals surface area contributed by atoms with Crippen molar-refractivity contribution >= 4 is 16.1 Å². The highest BCUT2D eigenvalue weighted by Crippen LogP contribution is 2.32. The Balaban J connectivity index is 0.000000502. The summed E-state index contributed by atoms with van der Waals surface area (Å²) >= 11 is 0. The fourth-order valence-corrected chi connectivity index (χ4v) is 5.72. The zero-order valence-corrected chi connectivity index (χ0v) is 29.3. The van der Waals surface area contributed by atoms with Crippen molar-refractivity contribution in [2.75, 3.05) is 34.2 Å². The molecule has 0 radical (unpaired) electrons. The number of halogens is 3. The zero-order chi connectivity index (χ0) is 37.7. The fourth-order valence-electron chi connectivity index (χ4n) is 5.23. The van der Waals surface area contributed by atoms with E-state index in [4.69, 9.17) is 0 Å². The van der Waals surface area contributed by atoms with E-state index in [1.165, 1.54) is 42.6 Å². The summed E-state index contributed by atoms with van der Waals surface area (Å²) < 4.78 is 75.6. The van der Waals surface area contributed by atoms with Gasteiger partial charge in [-0.05, 0) is 74.0 Å². The molecular formula is C35H36F3N7O5S. The van der Waals surface area contributed by atoms with E-state index < -0.39 is 33.6 Å². The van der Waals surface area contributed by atoms with Gasteiger partial charge < -0.3 is 14.4 Å². The highest BCUT2D eigenvalue weighted by atomic mass is 32.2. The molecule has 2 aromatic heterocycles. The van der Waals surface area contributed by atoms with Crippen molar-refractivity contribution in [2.45, 2.75) is 31.3 Å². The highest BCUT2D eigenvalue weighted by molar-refractivity contribution is 7.85. The predicted octanol–water partition coefficient (Wildman–Crippen LogP) is 5.11. The van der Waals surface area contributed by atoms with Crippen molar-refractivity contribution in [3.63, 3.8) is 0 Å². The maximum absolute atomic E-state index is 13.7. The second-order valence-corrected chi connectivity index (χ2v) is 13.8. The summed E-state index contributed by atoms with van der Waals surface area (Å²) in [4.78, 5) is 26.7. The Kier molecular flexibility index (Phi) is 11.4. The van der Waals surface area contributed by atoms with E-state index in [9.17, 15) is 41.0 Å². The van der Waals surface area contributed by atoms with E-state index in [0.29, 0.717) is 27.8 Å². The summed E-state index contributed by atoms with van der Waals surface area (Å²) in [5.41, 5.74) is 1.01. The standard InChI is InChI=1S/C29H30F3N7O2.C6H6O3S/c1-6-34-27(40)37-26(19(2)36(28(37)41)23-9-7-8-22(17-23)29(30,31)32)25-12-14-35-38(25)24-11-10-20(18-33)16-21(24)13-15-39(3,4)5;7-10(8,9)6-4-2-1-3-5-6/h7-12,14,16-17H,6,13,15H2,1-5H3;1-5H,(H,7,8,9). The quantitative estimate of drug-likeness (QED) is 0.172. The van der Waals surface area contributed by atoms with Gasteiger partial charge in [-0.3, -0.25) is 4.57 Å². The molecule has 0 atom stereocenters. The summed E-state index contributed by atoms with van der Waals surface area (Å²) in [6.45, 7) is 4.25. The molecule has 12 nitrogen and oxygen atoms in total. The van der Waals surface area contributed by atoms with Gasteiger partial charge in [0.15, 0.2) is 0 Å². The number of nitrogens with zero attached hydrogens (tertiary/aromatic N) is 6. The number of imidazole rings is 1. The average Bonchev–Trinajstić information content (AvgIpc) is 3.64. The van der Waals surface area contributed by atoms with E-state index in [0.717, 1.165) is 33.4 Å². The number of hydrogen-bond donors (Lipinski definition) is 1. The number of amides is 1. The maximum atomic E-state index is 13.7. The molecule has 5 rings (SSSR count). The topological polar surface area (TPSA) is 155 Å². The molecule has 5 aromatic rings. The minimum Gasteiger partial charge on any atom is -0.744 e. The van der Waals surface area contributed by atoms with Crippen molar-refractivity contribution in [2.24, 2.45) is 0 Å². The molecule has 0 bridgehead atoms. The number of carbonyl (C=O) groups excluding carboxylic acids is 1. The van der Waals surface area contributed by atoms with E-state index in [-0.39, 0.29) is 28.5 Å². The molecular weight excluding hydrogens is 687 g/mol. The van der Waals surface area contributed by atoms with Crippen LogP contribution in [0.5, 0.6) is 0 Å². The Morgan fingerprint density at radius 2 is 1.71 bits per heavy atom. The number of quaternary nitrogens is 1. The number of carbonyl (C=O) groups is 1. The zero-order valence-electron chi connectivity index (χ0n) is 28.5. The summed E-state index contributed by atoms with van der Waals surface area (Å²) in [5.74, 6) is 0. The molecule has 1 N–H and O–H groups in total. The first-order valence-corrected chi connectivity index (χ1v) is 17.0. The molecule has 0 saturated carbocycles. The lowest BCUT2D eigenvalue weighted by molar-refractivity contribution is -0.870. The largest absolute Gasteiger partial charge is 0.744 e. The minimum atomic E-state index is -4.62. The molecule has 0 spiro atoms. The first kappa shape index (κ1) is 38.3. The number of alkyl halides is 3. The van der Waals surface area contributed by atoms with E-state index >= 15 is 0 Å². The van der Waals surface area contributed by atoms with E-state index in [2.05, 4.69) is 37.6 Å². The van der Waals surface area contributed by atoms with Gasteiger partial charge in [0.05, 0.1) is 78.7 Å². The van der Waals surface area contributed by atoms with Gasteiger partial charge in [0, 0.05) is 13.0 Å². The second kappa shape index (κ2) is 15.2. The molecule has 0 unspecified atom stereocenters. The monoisotopic (exact) mass is 723 g/mol. The third-order valence-electron chi connectivity index (χ3n) is 7.65. The van der Waals surface area contributed by atoms with E-state index in [1.54, 1.807) is 48.9 Å². The van der Waals surface area contributed by atoms with Crippen molar-refractivity contribution in [3.05, 3.63) is 118 Å². The fraction of sp³-hybridized carbons (Fsp3) is 0.257. The summed E-state index contributed by atoms with van der Waals surface area (Å²) in [6.07, 6.45) is -2.49. The summed E-state index contributed by atoms with van der Waals surface area (Å²) in [7, 11) is 1.91. The number of nitrogens with one attached hydrogen (secondary N) is 1. The number of aromatic nitrogens is 4. The number of nitriles is 1. The lowest BCUT2D eigenvalue weighted by Gasteiger charge is -2.24. The first-order valence-electron chi connectivity index (χ1n) is 15.6. The SMILES string of the molecule is CCNC(=O)n1c(-c2ccnn2-c2ccc(C#N)cc2CC[N+](C)(C)C)c(C)n(-c2cccc(C(F)(F)F)c2)c1=O.O=S(=O)([O-])c1ccccc1.